The fourth-order valence-corrected chi connectivity index (χ4v) is 2.62. The lowest BCUT2D eigenvalue weighted by molar-refractivity contribution is 0.0946. The second-order valence-electron chi connectivity index (χ2n) is 4.61. The normalized spacial score (nSPS) is 16.1. The first-order chi connectivity index (χ1) is 10.8. The molecule has 2 heterocycles. The van der Waals surface area contributed by atoms with E-state index < -0.39 is 0 Å². The zero-order chi connectivity index (χ0) is 15.2. The molecule has 6 nitrogen and oxygen atoms in total. The van der Waals surface area contributed by atoms with Gasteiger partial charge < -0.3 is 16.0 Å². The number of nitrogens with zero attached hydrogens (tertiary/aromatic N) is 2. The van der Waals surface area contributed by atoms with E-state index in [1.807, 2.05) is 36.4 Å². The highest BCUT2D eigenvalue weighted by Crippen LogP contribution is 2.16. The van der Waals surface area contributed by atoms with E-state index in [4.69, 9.17) is 0 Å². The molecular formula is C15H15N5OS. The number of rotatable bonds is 5. The molecule has 1 aliphatic rings. The molecule has 1 aromatic carbocycles. The fourth-order valence-electron chi connectivity index (χ4n) is 1.89. The predicted octanol–water partition coefficient (Wildman–Crippen LogP) is 1.96. The van der Waals surface area contributed by atoms with E-state index in [1.165, 1.54) is 11.3 Å². The van der Waals surface area contributed by atoms with Gasteiger partial charge in [0.05, 0.1) is 6.34 Å². The van der Waals surface area contributed by atoms with E-state index in [1.54, 1.807) is 17.9 Å². The Bertz CT molecular complexity index is 695. The van der Waals surface area contributed by atoms with Gasteiger partial charge in [0, 0.05) is 18.1 Å². The Kier molecular flexibility index (Phi) is 4.45. The van der Waals surface area contributed by atoms with Gasteiger partial charge in [0.2, 0.25) is 0 Å². The number of nitrogens with one attached hydrogen (secondary N) is 3. The molecule has 1 aliphatic heterocycles. The quantitative estimate of drug-likeness (QED) is 0.788. The molecule has 0 saturated heterocycles. The Balaban J connectivity index is 1.55. The van der Waals surface area contributed by atoms with E-state index >= 15 is 0 Å². The minimum absolute atomic E-state index is 0.0659. The molecule has 2 aromatic rings. The van der Waals surface area contributed by atoms with Crippen LogP contribution in [-0.4, -0.2) is 23.4 Å². The van der Waals surface area contributed by atoms with Gasteiger partial charge in [-0.2, -0.15) is 0 Å². The first-order valence-electron chi connectivity index (χ1n) is 6.80. The zero-order valence-electron chi connectivity index (χ0n) is 11.7. The van der Waals surface area contributed by atoms with Crippen LogP contribution in [0.5, 0.6) is 0 Å². The lowest BCUT2D eigenvalue weighted by Gasteiger charge is -2.15. The number of hydrogen-bond donors (Lipinski definition) is 3. The van der Waals surface area contributed by atoms with Crippen molar-refractivity contribution in [2.45, 2.75) is 12.7 Å². The molecule has 3 N–H and O–H groups in total. The molecule has 0 bridgehead atoms. The number of hydrogen-bond acceptors (Lipinski definition) is 6. The van der Waals surface area contributed by atoms with Crippen molar-refractivity contribution in [2.24, 2.45) is 4.99 Å². The Labute approximate surface area is 132 Å². The third-order valence-electron chi connectivity index (χ3n) is 3.00. The van der Waals surface area contributed by atoms with Crippen molar-refractivity contribution in [3.8, 4) is 0 Å². The van der Waals surface area contributed by atoms with E-state index in [0.29, 0.717) is 17.4 Å². The monoisotopic (exact) mass is 313 g/mol. The topological polar surface area (TPSA) is 78.4 Å². The van der Waals surface area contributed by atoms with Crippen LogP contribution in [0.4, 0.5) is 5.13 Å². The summed E-state index contributed by atoms with van der Waals surface area (Å²) in [6.07, 6.45) is 5.12. The maximum absolute atomic E-state index is 12.1. The maximum Gasteiger partial charge on any atom is 0.271 e. The van der Waals surface area contributed by atoms with Crippen LogP contribution in [0.2, 0.25) is 0 Å². The SMILES string of the molecule is O=C(NCc1ccccc1)c1csc(NC2C=CN=CN2)n1. The minimum atomic E-state index is -0.179. The Morgan fingerprint density at radius 1 is 1.32 bits per heavy atom. The first kappa shape index (κ1) is 14.3. The van der Waals surface area contributed by atoms with Crippen molar-refractivity contribution in [1.29, 1.82) is 0 Å². The van der Waals surface area contributed by atoms with Crippen molar-refractivity contribution in [3.05, 3.63) is 59.2 Å². The lowest BCUT2D eigenvalue weighted by atomic mass is 10.2. The molecule has 112 valence electrons. The standard InChI is InChI=1S/C15H15N5OS/c21-14(17-8-11-4-2-1-3-5-11)12-9-22-15(19-12)20-13-6-7-16-10-18-13/h1-7,9-10,13H,8H2,(H,16,18)(H,17,21)(H,19,20). The van der Waals surface area contributed by atoms with Crippen LogP contribution in [0.3, 0.4) is 0 Å². The molecule has 7 heteroatoms. The molecular weight excluding hydrogens is 298 g/mol. The molecule has 0 aliphatic carbocycles. The van der Waals surface area contributed by atoms with Gasteiger partial charge in [-0.3, -0.25) is 4.79 Å². The van der Waals surface area contributed by atoms with Gasteiger partial charge >= 0.3 is 0 Å². The van der Waals surface area contributed by atoms with Crippen LogP contribution in [0.25, 0.3) is 0 Å². The van der Waals surface area contributed by atoms with Crippen LogP contribution in [0.15, 0.2) is 53.0 Å². The molecule has 3 rings (SSSR count). The summed E-state index contributed by atoms with van der Waals surface area (Å²) in [5.41, 5.74) is 1.47. The smallest absolute Gasteiger partial charge is 0.271 e. The molecule has 1 amide bonds. The maximum atomic E-state index is 12.1. The van der Waals surface area contributed by atoms with Crippen molar-refractivity contribution < 1.29 is 4.79 Å². The van der Waals surface area contributed by atoms with Crippen molar-refractivity contribution in [3.63, 3.8) is 0 Å². The molecule has 1 unspecified atom stereocenters. The van der Waals surface area contributed by atoms with E-state index in [0.717, 1.165) is 5.56 Å². The average Bonchev–Trinajstić information content (AvgIpc) is 3.03. The predicted molar refractivity (Wildman–Crippen MR) is 87.9 cm³/mol. The minimum Gasteiger partial charge on any atom is -0.353 e. The number of amides is 1. The van der Waals surface area contributed by atoms with E-state index in [-0.39, 0.29) is 12.1 Å². The van der Waals surface area contributed by atoms with Crippen LogP contribution in [-0.2, 0) is 6.54 Å². The van der Waals surface area contributed by atoms with Gasteiger partial charge in [0.1, 0.15) is 11.9 Å². The molecule has 22 heavy (non-hydrogen) atoms. The number of thiazole rings is 1. The summed E-state index contributed by atoms with van der Waals surface area (Å²) in [6.45, 7) is 0.489. The van der Waals surface area contributed by atoms with Gasteiger partial charge in [-0.25, -0.2) is 9.98 Å². The van der Waals surface area contributed by atoms with Crippen LogP contribution in [0, 0.1) is 0 Å². The summed E-state index contributed by atoms with van der Waals surface area (Å²) in [6, 6.07) is 9.77. The Hall–Kier alpha value is -2.67. The van der Waals surface area contributed by atoms with Gasteiger partial charge in [-0.05, 0) is 11.6 Å². The second-order valence-corrected chi connectivity index (χ2v) is 5.47. The first-order valence-corrected chi connectivity index (χ1v) is 7.68. The average molecular weight is 313 g/mol. The largest absolute Gasteiger partial charge is 0.353 e. The number of carbonyl (C=O) groups excluding carboxylic acids is 1. The lowest BCUT2D eigenvalue weighted by Crippen LogP contribution is -2.34. The summed E-state index contributed by atoms with van der Waals surface area (Å²) in [5, 5.41) is 11.5. The van der Waals surface area contributed by atoms with Crippen LogP contribution in [0.1, 0.15) is 16.1 Å². The molecule has 1 aromatic heterocycles. The third kappa shape index (κ3) is 3.70. The summed E-state index contributed by atoms with van der Waals surface area (Å²) < 4.78 is 0. The summed E-state index contributed by atoms with van der Waals surface area (Å²) in [7, 11) is 0. The summed E-state index contributed by atoms with van der Waals surface area (Å²) in [5.74, 6) is -0.179. The van der Waals surface area contributed by atoms with Gasteiger partial charge in [-0.1, -0.05) is 30.3 Å². The Morgan fingerprint density at radius 3 is 2.95 bits per heavy atom. The number of anilines is 1. The number of aromatic nitrogens is 1. The van der Waals surface area contributed by atoms with E-state index in [2.05, 4.69) is 25.9 Å². The highest BCUT2D eigenvalue weighted by molar-refractivity contribution is 7.13. The zero-order valence-corrected chi connectivity index (χ0v) is 12.5. The number of carbonyl (C=O) groups is 1. The molecule has 0 radical (unpaired) electrons. The van der Waals surface area contributed by atoms with Crippen LogP contribution < -0.4 is 16.0 Å². The van der Waals surface area contributed by atoms with E-state index in [9.17, 15) is 4.79 Å². The van der Waals surface area contributed by atoms with Crippen molar-refractivity contribution >= 4 is 28.7 Å². The number of aliphatic imine (C=N–C) groups is 1. The summed E-state index contributed by atoms with van der Waals surface area (Å²) >= 11 is 1.39. The highest BCUT2D eigenvalue weighted by Gasteiger charge is 2.12. The van der Waals surface area contributed by atoms with Gasteiger partial charge in [0.15, 0.2) is 5.13 Å². The molecule has 0 saturated carbocycles. The third-order valence-corrected chi connectivity index (χ3v) is 3.78. The molecule has 1 atom stereocenters. The van der Waals surface area contributed by atoms with Crippen LogP contribution >= 0.6 is 11.3 Å². The van der Waals surface area contributed by atoms with Crippen molar-refractivity contribution in [2.75, 3.05) is 5.32 Å². The van der Waals surface area contributed by atoms with Crippen molar-refractivity contribution in [1.82, 2.24) is 15.6 Å². The highest BCUT2D eigenvalue weighted by atomic mass is 32.1. The van der Waals surface area contributed by atoms with Gasteiger partial charge in [0.25, 0.3) is 5.91 Å². The fraction of sp³-hybridized carbons (Fsp3) is 0.133. The second kappa shape index (κ2) is 6.86. The molecule has 0 fully saturated rings. The Morgan fingerprint density at radius 2 is 2.18 bits per heavy atom. The van der Waals surface area contributed by atoms with Gasteiger partial charge in [-0.15, -0.1) is 11.3 Å². The molecule has 0 spiro atoms. The number of benzene rings is 1. The summed E-state index contributed by atoms with van der Waals surface area (Å²) in [4.78, 5) is 20.3.